The monoisotopic (exact) mass is 493 g/mol. The molecule has 31 heavy (non-hydrogen) atoms. The Morgan fingerprint density at radius 3 is 2.61 bits per heavy atom. The molecule has 2 fully saturated rings. The molecular formula is C21H22BrF2N5O2. The van der Waals surface area contributed by atoms with Crippen LogP contribution in [0.4, 0.5) is 8.78 Å². The molecule has 2 bridgehead atoms. The number of ether oxygens (including phenoxy) is 1. The number of para-hydroxylation sites is 1. The first kappa shape index (κ1) is 20.6. The Kier molecular flexibility index (Phi) is 5.10. The van der Waals surface area contributed by atoms with E-state index in [-0.39, 0.29) is 11.9 Å². The number of likely N-dealkylation sites (N-methyl/N-ethyl adjacent to an activating group) is 1. The van der Waals surface area contributed by atoms with Gasteiger partial charge in [-0.05, 0) is 26.0 Å². The Morgan fingerprint density at radius 2 is 1.94 bits per heavy atom. The standard InChI is InChI=1S/C21H22BrF2N5O2/c1-27-14-6-13(7-15(27)12-31-11-14)26-20(30)18-10-28(19-5-3-2-4-17(18)19)16-8-25-29(9-16)21(22,23)24/h2-5,8-10,13-15H,6-7,11-12H2,1H3,(H,26,30)/t13?,14-,15+. The number of hydrogen-bond acceptors (Lipinski definition) is 4. The van der Waals surface area contributed by atoms with E-state index in [1.807, 2.05) is 24.3 Å². The van der Waals surface area contributed by atoms with Crippen LogP contribution >= 0.6 is 15.9 Å². The molecule has 2 aliphatic rings. The quantitative estimate of drug-likeness (QED) is 0.566. The fourth-order valence-corrected chi connectivity index (χ4v) is 4.82. The van der Waals surface area contributed by atoms with Crippen LogP contribution in [0, 0.1) is 0 Å². The lowest BCUT2D eigenvalue weighted by Gasteiger charge is -2.46. The Morgan fingerprint density at radius 1 is 1.23 bits per heavy atom. The molecule has 164 valence electrons. The van der Waals surface area contributed by atoms with Crippen molar-refractivity contribution in [3.05, 3.63) is 48.4 Å². The van der Waals surface area contributed by atoms with Crippen molar-refractivity contribution in [2.45, 2.75) is 35.9 Å². The highest BCUT2D eigenvalue weighted by Gasteiger charge is 2.37. The molecular weight excluding hydrogens is 472 g/mol. The number of carbonyl (C=O) groups excluding carboxylic acids is 1. The summed E-state index contributed by atoms with van der Waals surface area (Å²) in [4.78, 5) is 12.3. The summed E-state index contributed by atoms with van der Waals surface area (Å²) in [5, 5.41) is 7.69. The Balaban J connectivity index is 1.44. The molecule has 3 aromatic rings. The van der Waals surface area contributed by atoms with E-state index in [0.29, 0.717) is 41.2 Å². The van der Waals surface area contributed by atoms with E-state index in [1.54, 1.807) is 10.8 Å². The van der Waals surface area contributed by atoms with Crippen molar-refractivity contribution in [1.82, 2.24) is 24.6 Å². The van der Waals surface area contributed by atoms with E-state index in [0.717, 1.165) is 23.7 Å². The van der Waals surface area contributed by atoms with E-state index < -0.39 is 4.96 Å². The third-order valence-corrected chi connectivity index (χ3v) is 6.65. The smallest absolute Gasteiger partial charge is 0.378 e. The molecule has 1 amide bonds. The molecule has 2 saturated heterocycles. The maximum absolute atomic E-state index is 13.5. The molecule has 1 unspecified atom stereocenters. The number of hydrogen-bond donors (Lipinski definition) is 1. The van der Waals surface area contributed by atoms with Gasteiger partial charge in [-0.2, -0.15) is 18.6 Å². The molecule has 0 saturated carbocycles. The highest BCUT2D eigenvalue weighted by molar-refractivity contribution is 9.09. The second-order valence-corrected chi connectivity index (χ2v) is 9.15. The summed E-state index contributed by atoms with van der Waals surface area (Å²) in [6, 6.07) is 8.10. The van der Waals surface area contributed by atoms with Crippen LogP contribution in [0.2, 0.25) is 0 Å². The van der Waals surface area contributed by atoms with Crippen LogP contribution in [-0.2, 0) is 9.69 Å². The zero-order chi connectivity index (χ0) is 21.8. The summed E-state index contributed by atoms with van der Waals surface area (Å²) in [5.41, 5.74) is 1.70. The van der Waals surface area contributed by atoms with Gasteiger partial charge in [0.2, 0.25) is 0 Å². The Bertz CT molecular complexity index is 1110. The van der Waals surface area contributed by atoms with Crippen molar-refractivity contribution in [2.24, 2.45) is 0 Å². The minimum atomic E-state index is -3.29. The lowest BCUT2D eigenvalue weighted by Crippen LogP contribution is -2.59. The predicted molar refractivity (Wildman–Crippen MR) is 115 cm³/mol. The molecule has 0 aliphatic carbocycles. The first-order valence-electron chi connectivity index (χ1n) is 10.1. The van der Waals surface area contributed by atoms with Crippen LogP contribution in [-0.4, -0.2) is 63.5 Å². The van der Waals surface area contributed by atoms with E-state index in [1.165, 1.54) is 12.4 Å². The normalized spacial score (nSPS) is 24.5. The summed E-state index contributed by atoms with van der Waals surface area (Å²) < 4.78 is 35.0. The molecule has 1 N–H and O–H groups in total. The number of nitrogens with zero attached hydrogens (tertiary/aromatic N) is 4. The average Bonchev–Trinajstić information content (AvgIpc) is 3.33. The maximum Gasteiger partial charge on any atom is 0.401 e. The average molecular weight is 494 g/mol. The van der Waals surface area contributed by atoms with E-state index in [9.17, 15) is 13.6 Å². The fourth-order valence-electron chi connectivity index (χ4n) is 4.63. The highest BCUT2D eigenvalue weighted by Crippen LogP contribution is 2.31. The maximum atomic E-state index is 13.5. The van der Waals surface area contributed by atoms with Crippen LogP contribution < -0.4 is 5.32 Å². The number of aromatic nitrogens is 3. The number of morpholine rings is 1. The topological polar surface area (TPSA) is 64.3 Å². The summed E-state index contributed by atoms with van der Waals surface area (Å²) in [5.74, 6) is -0.165. The fraction of sp³-hybridized carbons (Fsp3) is 0.429. The van der Waals surface area contributed by atoms with Crippen molar-refractivity contribution < 1.29 is 18.3 Å². The van der Waals surface area contributed by atoms with Crippen molar-refractivity contribution in [1.29, 1.82) is 0 Å². The molecule has 1 aromatic carbocycles. The van der Waals surface area contributed by atoms with Crippen LogP contribution in [0.3, 0.4) is 0 Å². The minimum Gasteiger partial charge on any atom is -0.378 e. The van der Waals surface area contributed by atoms with Gasteiger partial charge >= 0.3 is 4.96 Å². The zero-order valence-electron chi connectivity index (χ0n) is 16.8. The lowest BCUT2D eigenvalue weighted by atomic mass is 9.90. The second kappa shape index (κ2) is 7.68. The van der Waals surface area contributed by atoms with Gasteiger partial charge in [0, 0.05) is 45.6 Å². The van der Waals surface area contributed by atoms with E-state index in [4.69, 9.17) is 4.74 Å². The minimum absolute atomic E-state index is 0.0690. The van der Waals surface area contributed by atoms with Crippen molar-refractivity contribution in [3.63, 3.8) is 0 Å². The SMILES string of the molecule is CN1[C@@H]2COC[C@H]1CC(NC(=O)c1cn(-c3cnn(C(F)(F)Br)c3)c3ccccc13)C2. The van der Waals surface area contributed by atoms with Gasteiger partial charge in [0.15, 0.2) is 0 Å². The molecule has 2 aliphatic heterocycles. The van der Waals surface area contributed by atoms with Crippen LogP contribution in [0.25, 0.3) is 16.6 Å². The Labute approximate surface area is 186 Å². The summed E-state index contributed by atoms with van der Waals surface area (Å²) in [6.07, 6.45) is 5.95. The number of halogens is 3. The van der Waals surface area contributed by atoms with Gasteiger partial charge in [0.25, 0.3) is 5.91 Å². The second-order valence-electron chi connectivity index (χ2n) is 8.19. The first-order valence-corrected chi connectivity index (χ1v) is 10.9. The van der Waals surface area contributed by atoms with Gasteiger partial charge < -0.3 is 14.6 Å². The predicted octanol–water partition coefficient (Wildman–Crippen LogP) is 3.32. The molecule has 5 rings (SSSR count). The van der Waals surface area contributed by atoms with Gasteiger partial charge in [-0.15, -0.1) is 0 Å². The Hall–Kier alpha value is -2.30. The summed E-state index contributed by atoms with van der Waals surface area (Å²) >= 11 is 2.31. The van der Waals surface area contributed by atoms with Crippen molar-refractivity contribution in [2.75, 3.05) is 20.3 Å². The van der Waals surface area contributed by atoms with Gasteiger partial charge in [-0.25, -0.2) is 0 Å². The third kappa shape index (κ3) is 3.77. The molecule has 10 heteroatoms. The summed E-state index contributed by atoms with van der Waals surface area (Å²) in [7, 11) is 2.11. The van der Waals surface area contributed by atoms with Crippen LogP contribution in [0.15, 0.2) is 42.9 Å². The molecule has 3 atom stereocenters. The van der Waals surface area contributed by atoms with Crippen molar-refractivity contribution in [3.8, 4) is 5.69 Å². The van der Waals surface area contributed by atoms with E-state index >= 15 is 0 Å². The molecule has 0 radical (unpaired) electrons. The van der Waals surface area contributed by atoms with Gasteiger partial charge in [-0.3, -0.25) is 9.69 Å². The van der Waals surface area contributed by atoms with Gasteiger partial charge in [0.1, 0.15) is 0 Å². The number of nitrogens with one attached hydrogen (secondary N) is 1. The lowest BCUT2D eigenvalue weighted by molar-refractivity contribution is -0.0670. The number of piperidine rings is 1. The van der Waals surface area contributed by atoms with Gasteiger partial charge in [-0.1, -0.05) is 18.2 Å². The molecule has 0 spiro atoms. The largest absolute Gasteiger partial charge is 0.401 e. The number of benzene rings is 1. The molecule has 4 heterocycles. The number of fused-ring (bicyclic) bond motifs is 3. The van der Waals surface area contributed by atoms with E-state index in [2.05, 4.69) is 38.3 Å². The number of amides is 1. The number of carbonyl (C=O) groups is 1. The first-order chi connectivity index (χ1) is 14.8. The van der Waals surface area contributed by atoms with Crippen LogP contribution in [0.1, 0.15) is 23.2 Å². The highest BCUT2D eigenvalue weighted by atomic mass is 79.9. The number of alkyl halides is 3. The zero-order valence-corrected chi connectivity index (χ0v) is 18.4. The van der Waals surface area contributed by atoms with Crippen molar-refractivity contribution >= 4 is 32.7 Å². The van der Waals surface area contributed by atoms with Gasteiger partial charge in [0.05, 0.1) is 42.4 Å². The summed E-state index contributed by atoms with van der Waals surface area (Å²) in [6.45, 7) is 1.36. The molecule has 2 aromatic heterocycles. The van der Waals surface area contributed by atoms with Crippen LogP contribution in [0.5, 0.6) is 0 Å². The molecule has 7 nitrogen and oxygen atoms in total. The number of rotatable bonds is 4. The third-order valence-electron chi connectivity index (χ3n) is 6.28.